The third-order valence-electron chi connectivity index (χ3n) is 3.92. The second-order valence-corrected chi connectivity index (χ2v) is 5.57. The average Bonchev–Trinajstić information content (AvgIpc) is 2.46. The molecular weight excluding hydrogens is 252 g/mol. The van der Waals surface area contributed by atoms with Crippen LogP contribution in [-0.2, 0) is 16.0 Å². The highest BCUT2D eigenvalue weighted by atomic mass is 16.2. The Morgan fingerprint density at radius 1 is 1.30 bits per heavy atom. The van der Waals surface area contributed by atoms with E-state index >= 15 is 0 Å². The van der Waals surface area contributed by atoms with Crippen LogP contribution in [0.5, 0.6) is 0 Å². The number of primary amides is 1. The molecule has 1 aromatic carbocycles. The summed E-state index contributed by atoms with van der Waals surface area (Å²) in [6.45, 7) is 3.28. The van der Waals surface area contributed by atoms with Crippen molar-refractivity contribution in [3.8, 4) is 0 Å². The summed E-state index contributed by atoms with van der Waals surface area (Å²) >= 11 is 0. The number of aryl methyl sites for hydroxylation is 2. The highest BCUT2D eigenvalue weighted by Gasteiger charge is 2.26. The number of nitrogens with zero attached hydrogens (tertiary/aromatic N) is 1. The second-order valence-electron chi connectivity index (χ2n) is 5.57. The molecule has 0 bridgehead atoms. The van der Waals surface area contributed by atoms with Crippen molar-refractivity contribution in [1.29, 1.82) is 0 Å². The first kappa shape index (κ1) is 14.6. The van der Waals surface area contributed by atoms with E-state index in [9.17, 15) is 9.59 Å². The molecule has 0 saturated carbocycles. The molecule has 2 amide bonds. The Morgan fingerprint density at radius 2 is 2.00 bits per heavy atom. The lowest BCUT2D eigenvalue weighted by molar-refractivity contribution is -0.134. The number of hydrogen-bond donors (Lipinski definition) is 1. The molecule has 4 heteroatoms. The van der Waals surface area contributed by atoms with E-state index < -0.39 is 0 Å². The molecule has 0 aliphatic carbocycles. The van der Waals surface area contributed by atoms with Gasteiger partial charge in [0.05, 0.1) is 5.92 Å². The number of amides is 2. The fourth-order valence-corrected chi connectivity index (χ4v) is 2.60. The standard InChI is InChI=1S/C16H22N2O2/c1-12-4-6-13(7-5-12)8-9-15(19)18-10-2-3-14(11-18)16(17)20/h4-7,14H,2-3,8-11H2,1H3,(H2,17,20). The van der Waals surface area contributed by atoms with Gasteiger partial charge in [-0.2, -0.15) is 0 Å². The molecule has 20 heavy (non-hydrogen) atoms. The van der Waals surface area contributed by atoms with Crippen LogP contribution in [0.2, 0.25) is 0 Å². The van der Waals surface area contributed by atoms with E-state index in [0.717, 1.165) is 25.8 Å². The van der Waals surface area contributed by atoms with Crippen LogP contribution in [0, 0.1) is 12.8 Å². The van der Waals surface area contributed by atoms with Gasteiger partial charge in [0.2, 0.25) is 11.8 Å². The quantitative estimate of drug-likeness (QED) is 0.907. The van der Waals surface area contributed by atoms with Gasteiger partial charge in [-0.25, -0.2) is 0 Å². The number of piperidine rings is 1. The van der Waals surface area contributed by atoms with Crippen molar-refractivity contribution in [2.24, 2.45) is 11.7 Å². The SMILES string of the molecule is Cc1ccc(CCC(=O)N2CCCC(C(N)=O)C2)cc1. The zero-order chi connectivity index (χ0) is 14.5. The van der Waals surface area contributed by atoms with E-state index in [1.165, 1.54) is 11.1 Å². The first-order valence-corrected chi connectivity index (χ1v) is 7.19. The summed E-state index contributed by atoms with van der Waals surface area (Å²) in [6.07, 6.45) is 2.91. The molecule has 1 saturated heterocycles. The lowest BCUT2D eigenvalue weighted by atomic mass is 9.97. The summed E-state index contributed by atoms with van der Waals surface area (Å²) in [6, 6.07) is 8.24. The predicted molar refractivity (Wildman–Crippen MR) is 78.0 cm³/mol. The van der Waals surface area contributed by atoms with Crippen LogP contribution in [0.1, 0.15) is 30.4 Å². The van der Waals surface area contributed by atoms with Crippen LogP contribution in [0.3, 0.4) is 0 Å². The molecule has 1 unspecified atom stereocenters. The molecule has 1 aliphatic heterocycles. The Labute approximate surface area is 119 Å². The number of nitrogens with two attached hydrogens (primary N) is 1. The maximum atomic E-state index is 12.2. The summed E-state index contributed by atoms with van der Waals surface area (Å²) in [5.41, 5.74) is 7.73. The topological polar surface area (TPSA) is 63.4 Å². The first-order valence-electron chi connectivity index (χ1n) is 7.19. The van der Waals surface area contributed by atoms with Crippen molar-refractivity contribution in [2.75, 3.05) is 13.1 Å². The van der Waals surface area contributed by atoms with Crippen molar-refractivity contribution in [3.05, 3.63) is 35.4 Å². The highest BCUT2D eigenvalue weighted by Crippen LogP contribution is 2.17. The van der Waals surface area contributed by atoms with Gasteiger partial charge in [-0.15, -0.1) is 0 Å². The fraction of sp³-hybridized carbons (Fsp3) is 0.500. The molecule has 108 valence electrons. The van der Waals surface area contributed by atoms with Gasteiger partial charge in [0.1, 0.15) is 0 Å². The monoisotopic (exact) mass is 274 g/mol. The Morgan fingerprint density at radius 3 is 2.65 bits per heavy atom. The van der Waals surface area contributed by atoms with Crippen molar-refractivity contribution in [1.82, 2.24) is 4.90 Å². The van der Waals surface area contributed by atoms with Crippen LogP contribution in [0.25, 0.3) is 0 Å². The van der Waals surface area contributed by atoms with Crippen LogP contribution in [-0.4, -0.2) is 29.8 Å². The largest absolute Gasteiger partial charge is 0.369 e. The number of carbonyl (C=O) groups excluding carboxylic acids is 2. The minimum Gasteiger partial charge on any atom is -0.369 e. The molecule has 0 radical (unpaired) electrons. The zero-order valence-corrected chi connectivity index (χ0v) is 12.0. The van der Waals surface area contributed by atoms with Crippen molar-refractivity contribution < 1.29 is 9.59 Å². The molecule has 1 heterocycles. The smallest absolute Gasteiger partial charge is 0.222 e. The molecule has 1 atom stereocenters. The van der Waals surface area contributed by atoms with Gasteiger partial charge in [0.25, 0.3) is 0 Å². The Bertz CT molecular complexity index is 482. The van der Waals surface area contributed by atoms with Gasteiger partial charge in [-0.05, 0) is 31.7 Å². The van der Waals surface area contributed by atoms with Crippen LogP contribution in [0.15, 0.2) is 24.3 Å². The number of carbonyl (C=O) groups is 2. The Kier molecular flexibility index (Phi) is 4.77. The summed E-state index contributed by atoms with van der Waals surface area (Å²) in [4.78, 5) is 25.2. The van der Waals surface area contributed by atoms with Gasteiger partial charge in [-0.3, -0.25) is 9.59 Å². The van der Waals surface area contributed by atoms with E-state index in [1.54, 1.807) is 4.90 Å². The second kappa shape index (κ2) is 6.55. The summed E-state index contributed by atoms with van der Waals surface area (Å²) < 4.78 is 0. The number of likely N-dealkylation sites (tertiary alicyclic amines) is 1. The molecule has 0 spiro atoms. The summed E-state index contributed by atoms with van der Waals surface area (Å²) in [7, 11) is 0. The van der Waals surface area contributed by atoms with E-state index in [4.69, 9.17) is 5.73 Å². The van der Waals surface area contributed by atoms with E-state index in [1.807, 2.05) is 6.92 Å². The maximum absolute atomic E-state index is 12.2. The molecule has 2 N–H and O–H groups in total. The van der Waals surface area contributed by atoms with Gasteiger partial charge < -0.3 is 10.6 Å². The molecule has 1 aromatic rings. The van der Waals surface area contributed by atoms with Gasteiger partial charge >= 0.3 is 0 Å². The Hall–Kier alpha value is -1.84. The lowest BCUT2D eigenvalue weighted by Crippen LogP contribution is -2.44. The van der Waals surface area contributed by atoms with Crippen molar-refractivity contribution in [3.63, 3.8) is 0 Å². The maximum Gasteiger partial charge on any atom is 0.222 e. The third kappa shape index (κ3) is 3.83. The molecule has 2 rings (SSSR count). The fourth-order valence-electron chi connectivity index (χ4n) is 2.60. The number of benzene rings is 1. The molecule has 1 fully saturated rings. The highest BCUT2D eigenvalue weighted by molar-refractivity contribution is 5.80. The zero-order valence-electron chi connectivity index (χ0n) is 12.0. The Balaban J connectivity index is 1.85. The van der Waals surface area contributed by atoms with E-state index in [0.29, 0.717) is 13.0 Å². The van der Waals surface area contributed by atoms with Crippen LogP contribution in [0.4, 0.5) is 0 Å². The van der Waals surface area contributed by atoms with Gasteiger partial charge in [0.15, 0.2) is 0 Å². The van der Waals surface area contributed by atoms with Gasteiger partial charge in [0, 0.05) is 19.5 Å². The van der Waals surface area contributed by atoms with E-state index in [2.05, 4.69) is 24.3 Å². The molecular formula is C16H22N2O2. The van der Waals surface area contributed by atoms with Crippen LogP contribution >= 0.6 is 0 Å². The van der Waals surface area contributed by atoms with Crippen molar-refractivity contribution in [2.45, 2.75) is 32.6 Å². The molecule has 0 aromatic heterocycles. The average molecular weight is 274 g/mol. The predicted octanol–water partition coefficient (Wildman–Crippen LogP) is 1.65. The third-order valence-corrected chi connectivity index (χ3v) is 3.92. The normalized spacial score (nSPS) is 18.9. The van der Waals surface area contributed by atoms with Gasteiger partial charge in [-0.1, -0.05) is 29.8 Å². The summed E-state index contributed by atoms with van der Waals surface area (Å²) in [5.74, 6) is -0.343. The van der Waals surface area contributed by atoms with Crippen LogP contribution < -0.4 is 5.73 Å². The first-order chi connectivity index (χ1) is 9.56. The molecule has 1 aliphatic rings. The summed E-state index contributed by atoms with van der Waals surface area (Å²) in [5, 5.41) is 0. The molecule has 4 nitrogen and oxygen atoms in total. The number of rotatable bonds is 4. The van der Waals surface area contributed by atoms with E-state index in [-0.39, 0.29) is 17.7 Å². The lowest BCUT2D eigenvalue weighted by Gasteiger charge is -2.31. The minimum atomic E-state index is -0.291. The number of hydrogen-bond acceptors (Lipinski definition) is 2. The van der Waals surface area contributed by atoms with Crippen molar-refractivity contribution >= 4 is 11.8 Å². The minimum absolute atomic E-state index is 0.122.